The maximum absolute atomic E-state index is 13.3. The third-order valence-electron chi connectivity index (χ3n) is 5.92. The molecule has 0 saturated carbocycles. The molecule has 0 aromatic heterocycles. The summed E-state index contributed by atoms with van der Waals surface area (Å²) in [4.78, 5) is 25.8. The normalized spacial score (nSPS) is 21.0. The Morgan fingerprint density at radius 1 is 0.833 bits per heavy atom. The Balaban J connectivity index is 1.78. The first-order valence-corrected chi connectivity index (χ1v) is 9.96. The molecule has 4 rings (SSSR count). The molecule has 2 aromatic rings. The van der Waals surface area contributed by atoms with Crippen LogP contribution in [0.5, 0.6) is 17.2 Å². The van der Waals surface area contributed by atoms with Crippen LogP contribution in [0, 0.1) is 0 Å². The lowest BCUT2D eigenvalue weighted by Crippen LogP contribution is -2.38. The lowest BCUT2D eigenvalue weighted by molar-refractivity contribution is -0.122. The highest BCUT2D eigenvalue weighted by molar-refractivity contribution is 6.02. The number of Topliss-reactive ketones (excluding diaryl/α,β-unsaturated/α-hetero) is 1. The summed E-state index contributed by atoms with van der Waals surface area (Å²) in [7, 11) is 4.68. The van der Waals surface area contributed by atoms with E-state index >= 15 is 0 Å². The SMILES string of the molecule is COc1cc(OC)c(C2CC(=O)NC3=C2C(=O)CC(c2ccccc2)C3)cc1OC. The van der Waals surface area contributed by atoms with Gasteiger partial charge in [-0.05, 0) is 24.0 Å². The van der Waals surface area contributed by atoms with Crippen LogP contribution in [-0.2, 0) is 9.59 Å². The zero-order valence-corrected chi connectivity index (χ0v) is 17.4. The number of nitrogens with one attached hydrogen (secondary N) is 1. The molecule has 0 saturated heterocycles. The number of carbonyl (C=O) groups excluding carboxylic acids is 2. The molecular formula is C24H25NO5. The quantitative estimate of drug-likeness (QED) is 0.818. The smallest absolute Gasteiger partial charge is 0.225 e. The Bertz CT molecular complexity index is 1010. The summed E-state index contributed by atoms with van der Waals surface area (Å²) >= 11 is 0. The predicted molar refractivity (Wildman–Crippen MR) is 112 cm³/mol. The monoisotopic (exact) mass is 407 g/mol. The molecule has 2 unspecified atom stereocenters. The maximum Gasteiger partial charge on any atom is 0.225 e. The number of allylic oxidation sites excluding steroid dienone is 2. The van der Waals surface area contributed by atoms with Gasteiger partial charge in [0.05, 0.1) is 21.3 Å². The first-order chi connectivity index (χ1) is 14.5. The van der Waals surface area contributed by atoms with Crippen LogP contribution in [0.15, 0.2) is 53.7 Å². The van der Waals surface area contributed by atoms with Gasteiger partial charge < -0.3 is 19.5 Å². The molecule has 6 nitrogen and oxygen atoms in total. The second-order valence-corrected chi connectivity index (χ2v) is 7.59. The average Bonchev–Trinajstić information content (AvgIpc) is 2.77. The van der Waals surface area contributed by atoms with Gasteiger partial charge in [-0.25, -0.2) is 0 Å². The second-order valence-electron chi connectivity index (χ2n) is 7.59. The third kappa shape index (κ3) is 3.54. The van der Waals surface area contributed by atoms with Gasteiger partial charge in [-0.3, -0.25) is 9.59 Å². The molecule has 1 N–H and O–H groups in total. The van der Waals surface area contributed by atoms with E-state index < -0.39 is 0 Å². The summed E-state index contributed by atoms with van der Waals surface area (Å²) in [6.45, 7) is 0. The molecule has 2 aromatic carbocycles. The van der Waals surface area contributed by atoms with Crippen LogP contribution in [0.25, 0.3) is 0 Å². The van der Waals surface area contributed by atoms with E-state index in [4.69, 9.17) is 14.2 Å². The molecule has 1 aliphatic heterocycles. The van der Waals surface area contributed by atoms with Crippen LogP contribution in [0.2, 0.25) is 0 Å². The number of hydrogen-bond acceptors (Lipinski definition) is 5. The van der Waals surface area contributed by atoms with Gasteiger partial charge >= 0.3 is 0 Å². The van der Waals surface area contributed by atoms with E-state index in [9.17, 15) is 9.59 Å². The highest BCUT2D eigenvalue weighted by atomic mass is 16.5. The molecule has 0 bridgehead atoms. The minimum absolute atomic E-state index is 0.0591. The first-order valence-electron chi connectivity index (χ1n) is 9.96. The highest BCUT2D eigenvalue weighted by Crippen LogP contribution is 2.47. The Kier molecular flexibility index (Phi) is 5.48. The van der Waals surface area contributed by atoms with Gasteiger partial charge in [-0.15, -0.1) is 0 Å². The van der Waals surface area contributed by atoms with Crippen LogP contribution in [0.1, 0.15) is 42.2 Å². The van der Waals surface area contributed by atoms with Crippen molar-refractivity contribution < 1.29 is 23.8 Å². The van der Waals surface area contributed by atoms with Crippen LogP contribution in [0.3, 0.4) is 0 Å². The molecule has 0 fully saturated rings. The lowest BCUT2D eigenvalue weighted by atomic mass is 9.73. The molecule has 2 atom stereocenters. The van der Waals surface area contributed by atoms with Gasteiger partial charge in [-0.2, -0.15) is 0 Å². The van der Waals surface area contributed by atoms with Gasteiger partial charge in [-0.1, -0.05) is 30.3 Å². The van der Waals surface area contributed by atoms with Crippen molar-refractivity contribution in [3.8, 4) is 17.2 Å². The number of benzene rings is 2. The Morgan fingerprint density at radius 2 is 1.50 bits per heavy atom. The van der Waals surface area contributed by atoms with E-state index in [1.54, 1.807) is 27.4 Å². The zero-order chi connectivity index (χ0) is 21.3. The van der Waals surface area contributed by atoms with Crippen molar-refractivity contribution in [2.45, 2.75) is 31.1 Å². The molecule has 6 heteroatoms. The Morgan fingerprint density at radius 3 is 2.17 bits per heavy atom. The van der Waals surface area contributed by atoms with Gasteiger partial charge in [0.15, 0.2) is 17.3 Å². The van der Waals surface area contributed by atoms with Crippen molar-refractivity contribution in [2.24, 2.45) is 0 Å². The Labute approximate surface area is 175 Å². The number of amides is 1. The van der Waals surface area contributed by atoms with Crippen LogP contribution in [-0.4, -0.2) is 33.0 Å². The summed E-state index contributed by atoms with van der Waals surface area (Å²) in [6, 6.07) is 13.5. The van der Waals surface area contributed by atoms with Gasteiger partial charge in [0.25, 0.3) is 0 Å². The molecule has 30 heavy (non-hydrogen) atoms. The average molecular weight is 407 g/mol. The molecule has 1 amide bonds. The first kappa shape index (κ1) is 20.0. The predicted octanol–water partition coefficient (Wildman–Crippen LogP) is 3.72. The highest BCUT2D eigenvalue weighted by Gasteiger charge is 2.39. The summed E-state index contributed by atoms with van der Waals surface area (Å²) in [5.74, 6) is 1.27. The van der Waals surface area contributed by atoms with Gasteiger partial charge in [0.2, 0.25) is 5.91 Å². The van der Waals surface area contributed by atoms with E-state index in [0.29, 0.717) is 35.7 Å². The minimum atomic E-state index is -0.382. The van der Waals surface area contributed by atoms with Crippen LogP contribution >= 0.6 is 0 Å². The van der Waals surface area contributed by atoms with Crippen LogP contribution in [0.4, 0.5) is 0 Å². The number of ether oxygens (including phenoxy) is 3. The van der Waals surface area contributed by atoms with Crippen LogP contribution < -0.4 is 19.5 Å². The zero-order valence-electron chi connectivity index (χ0n) is 17.4. The number of hydrogen-bond donors (Lipinski definition) is 1. The fraction of sp³-hybridized carbons (Fsp3) is 0.333. The lowest BCUT2D eigenvalue weighted by Gasteiger charge is -2.35. The molecule has 1 aliphatic carbocycles. The van der Waals surface area contributed by atoms with E-state index in [-0.39, 0.29) is 29.9 Å². The second kappa shape index (κ2) is 8.22. The molecule has 156 valence electrons. The molecule has 0 spiro atoms. The summed E-state index contributed by atoms with van der Waals surface area (Å²) in [5, 5.41) is 2.96. The van der Waals surface area contributed by atoms with Crippen molar-refractivity contribution >= 4 is 11.7 Å². The topological polar surface area (TPSA) is 73.9 Å². The molecular weight excluding hydrogens is 382 g/mol. The van der Waals surface area contributed by atoms with E-state index in [1.165, 1.54) is 0 Å². The maximum atomic E-state index is 13.3. The van der Waals surface area contributed by atoms with Crippen molar-refractivity contribution in [3.05, 3.63) is 64.9 Å². The standard InChI is InChI=1S/C24H25NO5/c1-28-20-13-22(30-3)21(29-2)11-16(20)17-12-23(27)25-18-9-15(10-19(26)24(17)18)14-7-5-4-6-8-14/h4-8,11,13,15,17H,9-10,12H2,1-3H3,(H,25,27). The number of methoxy groups -OCH3 is 3. The number of rotatable bonds is 5. The summed E-state index contributed by atoms with van der Waals surface area (Å²) in [5.41, 5.74) is 3.26. The summed E-state index contributed by atoms with van der Waals surface area (Å²) in [6.07, 6.45) is 1.24. The minimum Gasteiger partial charge on any atom is -0.496 e. The molecule has 2 aliphatic rings. The number of ketones is 1. The molecule has 1 heterocycles. The fourth-order valence-corrected chi connectivity index (χ4v) is 4.51. The van der Waals surface area contributed by atoms with Gasteiger partial charge in [0.1, 0.15) is 5.75 Å². The van der Waals surface area contributed by atoms with Crippen molar-refractivity contribution in [3.63, 3.8) is 0 Å². The van der Waals surface area contributed by atoms with Crippen molar-refractivity contribution in [2.75, 3.05) is 21.3 Å². The van der Waals surface area contributed by atoms with Gasteiger partial charge in [0, 0.05) is 41.7 Å². The largest absolute Gasteiger partial charge is 0.496 e. The summed E-state index contributed by atoms with van der Waals surface area (Å²) < 4.78 is 16.4. The van der Waals surface area contributed by atoms with Crippen molar-refractivity contribution in [1.82, 2.24) is 5.32 Å². The number of carbonyl (C=O) groups is 2. The van der Waals surface area contributed by atoms with E-state index in [0.717, 1.165) is 16.8 Å². The molecule has 0 radical (unpaired) electrons. The van der Waals surface area contributed by atoms with Crippen molar-refractivity contribution in [1.29, 1.82) is 0 Å². The Hall–Kier alpha value is -3.28. The van der Waals surface area contributed by atoms with E-state index in [1.807, 2.05) is 36.4 Å². The van der Waals surface area contributed by atoms with E-state index in [2.05, 4.69) is 5.32 Å². The third-order valence-corrected chi connectivity index (χ3v) is 5.92. The fourth-order valence-electron chi connectivity index (χ4n) is 4.51.